The van der Waals surface area contributed by atoms with E-state index in [1.54, 1.807) is 0 Å². The lowest BCUT2D eigenvalue weighted by Crippen LogP contribution is -2.43. The van der Waals surface area contributed by atoms with Crippen molar-refractivity contribution in [3.63, 3.8) is 0 Å². The van der Waals surface area contributed by atoms with Gasteiger partial charge in [0.2, 0.25) is 0 Å². The summed E-state index contributed by atoms with van der Waals surface area (Å²) in [6.07, 6.45) is 2.82. The van der Waals surface area contributed by atoms with Crippen molar-refractivity contribution in [2.24, 2.45) is 17.3 Å². The van der Waals surface area contributed by atoms with Gasteiger partial charge in [-0.3, -0.25) is 9.59 Å². The molecule has 0 aromatic heterocycles. The average Bonchev–Trinajstić information content (AvgIpc) is 2.27. The molecule has 0 aromatic rings. The molecule has 3 unspecified atom stereocenters. The summed E-state index contributed by atoms with van der Waals surface area (Å²) in [4.78, 5) is 22.3. The minimum Gasteiger partial charge on any atom is -0.481 e. The van der Waals surface area contributed by atoms with Gasteiger partial charge < -0.3 is 10.2 Å². The Balaban J connectivity index is 2.90. The molecule has 2 N–H and O–H groups in total. The molecule has 1 aliphatic carbocycles. The van der Waals surface area contributed by atoms with Crippen LogP contribution in [-0.4, -0.2) is 22.2 Å². The molecular formula is C12H20O4. The van der Waals surface area contributed by atoms with Crippen LogP contribution in [0.3, 0.4) is 0 Å². The maximum Gasteiger partial charge on any atom is 0.309 e. The molecule has 1 fully saturated rings. The van der Waals surface area contributed by atoms with Gasteiger partial charge in [0.25, 0.3) is 0 Å². The third-order valence-corrected chi connectivity index (χ3v) is 4.19. The van der Waals surface area contributed by atoms with Gasteiger partial charge in [0, 0.05) is 0 Å². The molecule has 0 heterocycles. The maximum absolute atomic E-state index is 11.4. The van der Waals surface area contributed by atoms with Crippen LogP contribution in [0.1, 0.15) is 46.0 Å². The van der Waals surface area contributed by atoms with Crippen LogP contribution in [0.25, 0.3) is 0 Å². The summed E-state index contributed by atoms with van der Waals surface area (Å²) in [5.41, 5.74) is -0.694. The first-order valence-electron chi connectivity index (χ1n) is 5.94. The SMILES string of the molecule is CCC1CC(C(=O)O)CCC1(CC)C(=O)O. The van der Waals surface area contributed by atoms with Crippen molar-refractivity contribution in [1.82, 2.24) is 0 Å². The summed E-state index contributed by atoms with van der Waals surface area (Å²) in [5, 5.41) is 18.4. The summed E-state index contributed by atoms with van der Waals surface area (Å²) >= 11 is 0. The van der Waals surface area contributed by atoms with Gasteiger partial charge in [-0.25, -0.2) is 0 Å². The molecule has 16 heavy (non-hydrogen) atoms. The first kappa shape index (κ1) is 13.0. The zero-order valence-electron chi connectivity index (χ0n) is 9.90. The third-order valence-electron chi connectivity index (χ3n) is 4.19. The van der Waals surface area contributed by atoms with E-state index in [1.165, 1.54) is 0 Å². The largest absolute Gasteiger partial charge is 0.481 e. The summed E-state index contributed by atoms with van der Waals surface area (Å²) in [5.74, 6) is -1.91. The van der Waals surface area contributed by atoms with Crippen LogP contribution in [0.2, 0.25) is 0 Å². The van der Waals surface area contributed by atoms with Crippen molar-refractivity contribution < 1.29 is 19.8 Å². The topological polar surface area (TPSA) is 74.6 Å². The molecule has 0 amide bonds. The van der Waals surface area contributed by atoms with E-state index in [9.17, 15) is 14.7 Å². The minimum atomic E-state index is -0.784. The van der Waals surface area contributed by atoms with Crippen LogP contribution in [-0.2, 0) is 9.59 Å². The molecule has 1 aliphatic rings. The quantitative estimate of drug-likeness (QED) is 0.774. The Morgan fingerprint density at radius 1 is 1.31 bits per heavy atom. The molecule has 0 spiro atoms. The fraction of sp³-hybridized carbons (Fsp3) is 0.833. The number of carbonyl (C=O) groups is 2. The van der Waals surface area contributed by atoms with E-state index in [0.29, 0.717) is 25.7 Å². The van der Waals surface area contributed by atoms with Gasteiger partial charge in [-0.2, -0.15) is 0 Å². The third kappa shape index (κ3) is 2.06. The van der Waals surface area contributed by atoms with Gasteiger partial charge in [0.05, 0.1) is 11.3 Å². The smallest absolute Gasteiger partial charge is 0.309 e. The molecule has 0 aliphatic heterocycles. The Kier molecular flexibility index (Phi) is 3.94. The molecule has 92 valence electrons. The Morgan fingerprint density at radius 2 is 1.94 bits per heavy atom. The maximum atomic E-state index is 11.4. The summed E-state index contributed by atoms with van der Waals surface area (Å²) < 4.78 is 0. The predicted octanol–water partition coefficient (Wildman–Crippen LogP) is 2.38. The number of rotatable bonds is 4. The number of carboxylic acid groups (broad SMARTS) is 2. The Morgan fingerprint density at radius 3 is 2.31 bits per heavy atom. The van der Waals surface area contributed by atoms with Gasteiger partial charge in [-0.15, -0.1) is 0 Å². The highest BCUT2D eigenvalue weighted by atomic mass is 16.4. The molecule has 4 nitrogen and oxygen atoms in total. The van der Waals surface area contributed by atoms with Crippen molar-refractivity contribution >= 4 is 11.9 Å². The first-order chi connectivity index (χ1) is 7.47. The molecule has 3 atom stereocenters. The fourth-order valence-corrected chi connectivity index (χ4v) is 3.00. The number of hydrogen-bond acceptors (Lipinski definition) is 2. The molecular weight excluding hydrogens is 208 g/mol. The van der Waals surface area contributed by atoms with Crippen LogP contribution in [0.4, 0.5) is 0 Å². The normalized spacial score (nSPS) is 34.6. The van der Waals surface area contributed by atoms with E-state index >= 15 is 0 Å². The summed E-state index contributed by atoms with van der Waals surface area (Å²) in [7, 11) is 0. The van der Waals surface area contributed by atoms with Crippen molar-refractivity contribution in [3.8, 4) is 0 Å². The Labute approximate surface area is 95.7 Å². The van der Waals surface area contributed by atoms with Crippen LogP contribution >= 0.6 is 0 Å². The Bertz CT molecular complexity index is 287. The predicted molar refractivity (Wildman–Crippen MR) is 59.1 cm³/mol. The van der Waals surface area contributed by atoms with Crippen LogP contribution < -0.4 is 0 Å². The Hall–Kier alpha value is -1.06. The lowest BCUT2D eigenvalue weighted by Gasteiger charge is -2.42. The minimum absolute atomic E-state index is 0.00940. The second kappa shape index (κ2) is 4.85. The number of hydrogen-bond donors (Lipinski definition) is 2. The second-order valence-electron chi connectivity index (χ2n) is 4.73. The van der Waals surface area contributed by atoms with E-state index in [-0.39, 0.29) is 11.8 Å². The highest BCUT2D eigenvalue weighted by molar-refractivity contribution is 5.76. The molecule has 4 heteroatoms. The molecule has 1 rings (SSSR count). The van der Waals surface area contributed by atoms with Crippen LogP contribution in [0, 0.1) is 17.3 Å². The highest BCUT2D eigenvalue weighted by Gasteiger charge is 2.48. The van der Waals surface area contributed by atoms with E-state index in [0.717, 1.165) is 6.42 Å². The van der Waals surface area contributed by atoms with E-state index in [2.05, 4.69) is 0 Å². The lowest BCUT2D eigenvalue weighted by atomic mass is 9.61. The van der Waals surface area contributed by atoms with Crippen molar-refractivity contribution in [2.75, 3.05) is 0 Å². The fourth-order valence-electron chi connectivity index (χ4n) is 3.00. The summed E-state index contributed by atoms with van der Waals surface area (Å²) in [6.45, 7) is 3.83. The van der Waals surface area contributed by atoms with Gasteiger partial charge in [-0.1, -0.05) is 20.3 Å². The van der Waals surface area contributed by atoms with Gasteiger partial charge in [-0.05, 0) is 31.6 Å². The molecule has 0 radical (unpaired) electrons. The molecule has 0 bridgehead atoms. The number of carboxylic acids is 2. The molecule has 0 saturated heterocycles. The van der Waals surface area contributed by atoms with Gasteiger partial charge in [0.15, 0.2) is 0 Å². The standard InChI is InChI=1S/C12H20O4/c1-3-9-7-8(10(13)14)5-6-12(9,4-2)11(15)16/h8-9H,3-7H2,1-2H3,(H,13,14)(H,15,16). The van der Waals surface area contributed by atoms with Gasteiger partial charge >= 0.3 is 11.9 Å². The van der Waals surface area contributed by atoms with Gasteiger partial charge in [0.1, 0.15) is 0 Å². The van der Waals surface area contributed by atoms with Crippen molar-refractivity contribution in [3.05, 3.63) is 0 Å². The number of aliphatic carboxylic acids is 2. The zero-order valence-corrected chi connectivity index (χ0v) is 9.90. The second-order valence-corrected chi connectivity index (χ2v) is 4.73. The zero-order chi connectivity index (χ0) is 12.3. The highest BCUT2D eigenvalue weighted by Crippen LogP contribution is 2.47. The monoisotopic (exact) mass is 228 g/mol. The molecule has 1 saturated carbocycles. The van der Waals surface area contributed by atoms with Crippen LogP contribution in [0.5, 0.6) is 0 Å². The first-order valence-corrected chi connectivity index (χ1v) is 5.94. The van der Waals surface area contributed by atoms with Crippen LogP contribution in [0.15, 0.2) is 0 Å². The van der Waals surface area contributed by atoms with Crippen molar-refractivity contribution in [1.29, 1.82) is 0 Å². The average molecular weight is 228 g/mol. The van der Waals surface area contributed by atoms with E-state index in [1.807, 2.05) is 13.8 Å². The van der Waals surface area contributed by atoms with E-state index in [4.69, 9.17) is 5.11 Å². The van der Waals surface area contributed by atoms with Crippen molar-refractivity contribution in [2.45, 2.75) is 46.0 Å². The molecule has 0 aromatic carbocycles. The summed E-state index contributed by atoms with van der Waals surface area (Å²) in [6, 6.07) is 0. The lowest BCUT2D eigenvalue weighted by molar-refractivity contribution is -0.161. The van der Waals surface area contributed by atoms with E-state index < -0.39 is 17.4 Å².